The number of thiophene rings is 1. The zero-order valence-electron chi connectivity index (χ0n) is 11.1. The van der Waals surface area contributed by atoms with E-state index in [-0.39, 0.29) is 26.4 Å². The number of hydrogen-bond acceptors (Lipinski definition) is 6. The summed E-state index contributed by atoms with van der Waals surface area (Å²) in [6.07, 6.45) is 0. The summed E-state index contributed by atoms with van der Waals surface area (Å²) in [5.74, 6) is -1.13. The van der Waals surface area contributed by atoms with Crippen LogP contribution in [0.3, 0.4) is 0 Å². The summed E-state index contributed by atoms with van der Waals surface area (Å²) in [4.78, 5) is 22.8. The van der Waals surface area contributed by atoms with Crippen LogP contribution in [0.5, 0.6) is 0 Å². The van der Waals surface area contributed by atoms with E-state index >= 15 is 0 Å². The summed E-state index contributed by atoms with van der Waals surface area (Å²) in [7, 11) is -2.25. The van der Waals surface area contributed by atoms with Crippen molar-refractivity contribution in [2.75, 3.05) is 18.2 Å². The molecule has 1 heterocycles. The van der Waals surface area contributed by atoms with Gasteiger partial charge in [-0.3, -0.25) is 4.79 Å². The molecule has 19 heavy (non-hydrogen) atoms. The third-order valence-electron chi connectivity index (χ3n) is 2.44. The van der Waals surface area contributed by atoms with E-state index in [1.807, 2.05) is 0 Å². The molecule has 0 aliphatic heterocycles. The molecule has 1 amide bonds. The molecule has 1 N–H and O–H groups in total. The average Bonchev–Trinajstić information content (AvgIpc) is 2.65. The molecule has 0 aliphatic carbocycles. The van der Waals surface area contributed by atoms with Crippen molar-refractivity contribution >= 4 is 38.1 Å². The number of carbonyl (C=O) groups excluding carboxylic acids is 2. The summed E-state index contributed by atoms with van der Waals surface area (Å²) in [5.41, 5.74) is 0.400. The molecule has 8 heteroatoms. The molecular weight excluding hydrogens is 290 g/mol. The minimum absolute atomic E-state index is 0.0749. The molecule has 1 aromatic rings. The predicted octanol–water partition coefficient (Wildman–Crippen LogP) is 1.60. The van der Waals surface area contributed by atoms with Crippen LogP contribution in [0.1, 0.15) is 29.8 Å². The van der Waals surface area contributed by atoms with E-state index in [0.29, 0.717) is 5.56 Å². The van der Waals surface area contributed by atoms with Crippen LogP contribution in [-0.2, 0) is 19.4 Å². The lowest BCUT2D eigenvalue weighted by atomic mass is 10.2. The molecule has 0 saturated carbocycles. The highest BCUT2D eigenvalue weighted by atomic mass is 32.2. The third kappa shape index (κ3) is 3.13. The molecule has 106 valence electrons. The van der Waals surface area contributed by atoms with Gasteiger partial charge in [0, 0.05) is 6.92 Å². The highest BCUT2D eigenvalue weighted by Gasteiger charge is 2.28. The van der Waals surface area contributed by atoms with Crippen molar-refractivity contribution in [1.29, 1.82) is 0 Å². The van der Waals surface area contributed by atoms with Gasteiger partial charge in [0.25, 0.3) is 0 Å². The molecule has 0 radical (unpaired) electrons. The highest BCUT2D eigenvalue weighted by Crippen LogP contribution is 2.37. The second kappa shape index (κ2) is 5.70. The molecule has 1 rings (SSSR count). The number of anilines is 1. The summed E-state index contributed by atoms with van der Waals surface area (Å²) in [6, 6.07) is 0. The summed E-state index contributed by atoms with van der Waals surface area (Å²) in [5, 5.41) is 2.66. The summed E-state index contributed by atoms with van der Waals surface area (Å²) < 4.78 is 28.6. The molecule has 6 nitrogen and oxygen atoms in total. The smallest absolute Gasteiger partial charge is 0.341 e. The molecular formula is C11H15NO5S2. The van der Waals surface area contributed by atoms with Crippen molar-refractivity contribution in [3.63, 3.8) is 0 Å². The SMILES string of the molecule is CCS(=O)(=O)c1sc(NC(C)=O)c(C(=O)OC)c1C. The van der Waals surface area contributed by atoms with E-state index in [1.54, 1.807) is 0 Å². The first-order chi connectivity index (χ1) is 8.74. The van der Waals surface area contributed by atoms with Crippen molar-refractivity contribution in [3.8, 4) is 0 Å². The van der Waals surface area contributed by atoms with Gasteiger partial charge in [0.1, 0.15) is 9.21 Å². The fourth-order valence-electron chi connectivity index (χ4n) is 1.52. The fourth-order valence-corrected chi connectivity index (χ4v) is 4.43. The molecule has 0 saturated heterocycles. The first-order valence-electron chi connectivity index (χ1n) is 5.46. The largest absolute Gasteiger partial charge is 0.465 e. The Hall–Kier alpha value is -1.41. The Morgan fingerprint density at radius 3 is 2.37 bits per heavy atom. The van der Waals surface area contributed by atoms with E-state index in [1.165, 1.54) is 27.9 Å². The van der Waals surface area contributed by atoms with Crippen LogP contribution in [0.15, 0.2) is 4.21 Å². The van der Waals surface area contributed by atoms with Gasteiger partial charge >= 0.3 is 5.97 Å². The molecule has 0 aromatic carbocycles. The number of amides is 1. The minimum atomic E-state index is -3.45. The second-order valence-electron chi connectivity index (χ2n) is 3.79. The maximum Gasteiger partial charge on any atom is 0.341 e. The number of carbonyl (C=O) groups is 2. The van der Waals surface area contributed by atoms with Gasteiger partial charge in [-0.15, -0.1) is 11.3 Å². The number of esters is 1. The van der Waals surface area contributed by atoms with Crippen LogP contribution >= 0.6 is 11.3 Å². The Morgan fingerprint density at radius 1 is 1.37 bits per heavy atom. The predicted molar refractivity (Wildman–Crippen MR) is 72.4 cm³/mol. The lowest BCUT2D eigenvalue weighted by Gasteiger charge is -2.03. The molecule has 0 fully saturated rings. The molecule has 0 unspecified atom stereocenters. The van der Waals surface area contributed by atoms with Gasteiger partial charge in [0.15, 0.2) is 9.84 Å². The van der Waals surface area contributed by atoms with Gasteiger partial charge in [0.05, 0.1) is 18.4 Å². The van der Waals surface area contributed by atoms with Gasteiger partial charge in [0.2, 0.25) is 5.91 Å². The van der Waals surface area contributed by atoms with Crippen LogP contribution in [-0.4, -0.2) is 33.2 Å². The maximum atomic E-state index is 11.9. The van der Waals surface area contributed by atoms with Gasteiger partial charge in [-0.2, -0.15) is 0 Å². The molecule has 1 aromatic heterocycles. The molecule has 0 aliphatic rings. The maximum absolute atomic E-state index is 11.9. The number of hydrogen-bond donors (Lipinski definition) is 1. The van der Waals surface area contributed by atoms with Gasteiger partial charge < -0.3 is 10.1 Å². The fraction of sp³-hybridized carbons (Fsp3) is 0.455. The number of ether oxygens (including phenoxy) is 1. The number of nitrogens with one attached hydrogen (secondary N) is 1. The van der Waals surface area contributed by atoms with Gasteiger partial charge in [-0.05, 0) is 12.5 Å². The zero-order valence-corrected chi connectivity index (χ0v) is 12.7. The molecule has 0 spiro atoms. The lowest BCUT2D eigenvalue weighted by molar-refractivity contribution is -0.114. The Kier molecular flexibility index (Phi) is 4.70. The van der Waals surface area contributed by atoms with E-state index in [4.69, 9.17) is 0 Å². The number of rotatable bonds is 4. The Bertz CT molecular complexity index is 615. The van der Waals surface area contributed by atoms with E-state index in [2.05, 4.69) is 10.1 Å². The average molecular weight is 305 g/mol. The second-order valence-corrected chi connectivity index (χ2v) is 7.29. The van der Waals surface area contributed by atoms with Gasteiger partial charge in [-0.1, -0.05) is 6.92 Å². The topological polar surface area (TPSA) is 89.5 Å². The normalized spacial score (nSPS) is 11.2. The summed E-state index contributed by atoms with van der Waals surface area (Å²) >= 11 is 0.869. The first-order valence-corrected chi connectivity index (χ1v) is 7.93. The highest BCUT2D eigenvalue weighted by molar-refractivity contribution is 7.93. The van der Waals surface area contributed by atoms with Crippen molar-refractivity contribution < 1.29 is 22.7 Å². The van der Waals surface area contributed by atoms with E-state index < -0.39 is 15.8 Å². The van der Waals surface area contributed by atoms with Crippen molar-refractivity contribution in [2.24, 2.45) is 0 Å². The van der Waals surface area contributed by atoms with Crippen molar-refractivity contribution in [3.05, 3.63) is 11.1 Å². The van der Waals surface area contributed by atoms with Crippen LogP contribution in [0.4, 0.5) is 5.00 Å². The van der Waals surface area contributed by atoms with Crippen LogP contribution in [0, 0.1) is 6.92 Å². The quantitative estimate of drug-likeness (QED) is 0.853. The van der Waals surface area contributed by atoms with E-state index in [0.717, 1.165) is 11.3 Å². The monoisotopic (exact) mass is 305 g/mol. The molecule has 0 bridgehead atoms. The van der Waals surface area contributed by atoms with Crippen molar-refractivity contribution in [1.82, 2.24) is 0 Å². The van der Waals surface area contributed by atoms with Crippen LogP contribution < -0.4 is 5.32 Å². The minimum Gasteiger partial charge on any atom is -0.465 e. The third-order valence-corrected chi connectivity index (χ3v) is 6.09. The Morgan fingerprint density at radius 2 is 1.95 bits per heavy atom. The van der Waals surface area contributed by atoms with Crippen molar-refractivity contribution in [2.45, 2.75) is 25.0 Å². The Labute approximate surface area is 115 Å². The Balaban J connectivity index is 3.51. The number of methoxy groups -OCH3 is 1. The lowest BCUT2D eigenvalue weighted by Crippen LogP contribution is -2.10. The first kappa shape index (κ1) is 15.6. The summed E-state index contributed by atoms with van der Waals surface area (Å²) in [6.45, 7) is 4.32. The molecule has 0 atom stereocenters. The van der Waals surface area contributed by atoms with Crippen LogP contribution in [0.25, 0.3) is 0 Å². The van der Waals surface area contributed by atoms with Gasteiger partial charge in [-0.25, -0.2) is 13.2 Å². The van der Waals surface area contributed by atoms with Crippen LogP contribution in [0.2, 0.25) is 0 Å². The zero-order chi connectivity index (χ0) is 14.8. The number of sulfone groups is 1. The standard InChI is InChI=1S/C11H15NO5S2/c1-5-19(15,16)11-6(2)8(10(14)17-4)9(18-11)12-7(3)13/h5H2,1-4H3,(H,12,13). The van der Waals surface area contributed by atoms with E-state index in [9.17, 15) is 18.0 Å².